The van der Waals surface area contributed by atoms with Crippen LogP contribution in [0.4, 0.5) is 5.69 Å². The number of rotatable bonds is 6. The molecule has 2 rings (SSSR count). The van der Waals surface area contributed by atoms with Gasteiger partial charge in [-0.15, -0.1) is 0 Å². The third-order valence-electron chi connectivity index (χ3n) is 3.68. The number of carbonyl (C=O) groups is 2. The lowest BCUT2D eigenvalue weighted by atomic mass is 10.1. The van der Waals surface area contributed by atoms with Crippen molar-refractivity contribution in [3.63, 3.8) is 0 Å². The fourth-order valence-electron chi connectivity index (χ4n) is 2.20. The Labute approximate surface area is 162 Å². The lowest BCUT2D eigenvalue weighted by molar-refractivity contribution is 0.0526. The van der Waals surface area contributed by atoms with E-state index >= 15 is 0 Å². The first-order valence-corrected chi connectivity index (χ1v) is 9.27. The van der Waals surface area contributed by atoms with Crippen LogP contribution in [-0.2, 0) is 4.74 Å². The number of hydrogen-bond donors (Lipinski definition) is 2. The van der Waals surface area contributed by atoms with Gasteiger partial charge in [0.1, 0.15) is 0 Å². The first-order chi connectivity index (χ1) is 13.0. The highest BCUT2D eigenvalue weighted by atomic mass is 32.2. The minimum absolute atomic E-state index is 0.106. The van der Waals surface area contributed by atoms with Crippen molar-refractivity contribution in [1.29, 1.82) is 0 Å². The number of amidine groups is 1. The molecule has 0 unspecified atom stereocenters. The third kappa shape index (κ3) is 5.57. The molecule has 0 spiro atoms. The van der Waals surface area contributed by atoms with Gasteiger partial charge in [-0.3, -0.25) is 9.80 Å². The normalized spacial score (nSPS) is 11.1. The fraction of sp³-hybridized carbons (Fsp3) is 0.211. The van der Waals surface area contributed by atoms with Crippen LogP contribution in [0.25, 0.3) is 0 Å². The first-order valence-electron chi connectivity index (χ1n) is 8.28. The third-order valence-corrected chi connectivity index (χ3v) is 4.65. The second-order valence-corrected chi connectivity index (χ2v) is 6.57. The minimum Gasteiger partial charge on any atom is -0.462 e. The monoisotopic (exact) mass is 386 g/mol. The number of hydrazine groups is 1. The van der Waals surface area contributed by atoms with Gasteiger partial charge in [-0.2, -0.15) is 5.10 Å². The lowest BCUT2D eigenvalue weighted by Crippen LogP contribution is -2.36. The van der Waals surface area contributed by atoms with Crippen LogP contribution in [0.5, 0.6) is 0 Å². The Morgan fingerprint density at radius 2 is 1.67 bits per heavy atom. The zero-order valence-corrected chi connectivity index (χ0v) is 16.0. The maximum absolute atomic E-state index is 12.4. The summed E-state index contributed by atoms with van der Waals surface area (Å²) >= 11 is 1.13. The van der Waals surface area contributed by atoms with E-state index in [0.29, 0.717) is 28.6 Å². The smallest absolute Gasteiger partial charge is 0.338 e. The lowest BCUT2D eigenvalue weighted by Gasteiger charge is -2.19. The molecule has 2 aromatic rings. The zero-order valence-electron chi connectivity index (χ0n) is 15.2. The number of ether oxygens (including phenoxy) is 1. The van der Waals surface area contributed by atoms with Crippen molar-refractivity contribution in [2.75, 3.05) is 17.4 Å². The average Bonchev–Trinajstić information content (AvgIpc) is 2.69. The molecule has 0 atom stereocenters. The van der Waals surface area contributed by atoms with Gasteiger partial charge in [0.25, 0.3) is 0 Å². The van der Waals surface area contributed by atoms with Crippen molar-refractivity contribution >= 4 is 34.4 Å². The summed E-state index contributed by atoms with van der Waals surface area (Å²) in [6.45, 7) is 4.01. The fourth-order valence-corrected chi connectivity index (χ4v) is 2.95. The van der Waals surface area contributed by atoms with E-state index < -0.39 is 5.97 Å². The molecule has 4 N–H and O–H groups in total. The molecule has 0 aliphatic carbocycles. The van der Waals surface area contributed by atoms with Gasteiger partial charge in [-0.05, 0) is 38.1 Å². The second-order valence-electron chi connectivity index (χ2n) is 5.63. The van der Waals surface area contributed by atoms with E-state index in [1.54, 1.807) is 31.2 Å². The Balaban J connectivity index is 1.98. The van der Waals surface area contributed by atoms with Gasteiger partial charge in [0.2, 0.25) is 5.17 Å². The highest BCUT2D eigenvalue weighted by Gasteiger charge is 2.15. The van der Waals surface area contributed by atoms with Crippen LogP contribution in [0, 0.1) is 6.92 Å². The minimum atomic E-state index is -0.416. The number of esters is 1. The van der Waals surface area contributed by atoms with Gasteiger partial charge in [-0.25, -0.2) is 10.6 Å². The first kappa shape index (κ1) is 20.5. The van der Waals surface area contributed by atoms with Crippen molar-refractivity contribution in [3.8, 4) is 0 Å². The maximum Gasteiger partial charge on any atom is 0.338 e. The number of nitrogens with two attached hydrogens (primary N) is 2. The molecule has 0 saturated heterocycles. The summed E-state index contributed by atoms with van der Waals surface area (Å²) < 4.78 is 4.92. The van der Waals surface area contributed by atoms with Crippen molar-refractivity contribution < 1.29 is 14.3 Å². The van der Waals surface area contributed by atoms with E-state index in [2.05, 4.69) is 5.10 Å². The number of benzene rings is 2. The van der Waals surface area contributed by atoms with Gasteiger partial charge in [0, 0.05) is 5.56 Å². The van der Waals surface area contributed by atoms with Crippen LogP contribution in [0.3, 0.4) is 0 Å². The highest BCUT2D eigenvalue weighted by molar-refractivity contribution is 8.14. The summed E-state index contributed by atoms with van der Waals surface area (Å²) in [4.78, 5) is 24.0. The second kappa shape index (κ2) is 9.75. The molecule has 8 heteroatoms. The summed E-state index contributed by atoms with van der Waals surface area (Å²) in [5.41, 5.74) is 2.69. The topological polar surface area (TPSA) is 111 Å². The van der Waals surface area contributed by atoms with E-state index in [0.717, 1.165) is 17.3 Å². The predicted molar refractivity (Wildman–Crippen MR) is 109 cm³/mol. The number of aryl methyl sites for hydroxylation is 1. The zero-order chi connectivity index (χ0) is 19.8. The SMILES string of the molecule is CCOC(=O)c1ccc(C(=O)CS/C(=N/N)N(N)c2ccc(C)cc2)cc1. The molecule has 0 heterocycles. The molecular weight excluding hydrogens is 364 g/mol. The van der Waals surface area contributed by atoms with Crippen molar-refractivity contribution in [1.82, 2.24) is 0 Å². The molecule has 0 amide bonds. The van der Waals surface area contributed by atoms with Crippen LogP contribution < -0.4 is 16.7 Å². The van der Waals surface area contributed by atoms with Crippen LogP contribution >= 0.6 is 11.8 Å². The summed E-state index contributed by atoms with van der Waals surface area (Å²) in [6.07, 6.45) is 0. The van der Waals surface area contributed by atoms with Gasteiger partial charge < -0.3 is 10.6 Å². The van der Waals surface area contributed by atoms with E-state index in [1.807, 2.05) is 31.2 Å². The van der Waals surface area contributed by atoms with Crippen LogP contribution in [0.2, 0.25) is 0 Å². The Morgan fingerprint density at radius 3 is 2.22 bits per heavy atom. The highest BCUT2D eigenvalue weighted by Crippen LogP contribution is 2.18. The van der Waals surface area contributed by atoms with Gasteiger partial charge in [0.15, 0.2) is 5.78 Å². The molecular formula is C19H22N4O3S. The van der Waals surface area contributed by atoms with Crippen molar-refractivity contribution in [3.05, 3.63) is 65.2 Å². The molecule has 27 heavy (non-hydrogen) atoms. The van der Waals surface area contributed by atoms with Gasteiger partial charge >= 0.3 is 5.97 Å². The number of hydrazone groups is 1. The molecule has 0 radical (unpaired) electrons. The number of anilines is 1. The van der Waals surface area contributed by atoms with Gasteiger partial charge in [0.05, 0.1) is 23.6 Å². The molecule has 0 aromatic heterocycles. The molecule has 0 bridgehead atoms. The Kier molecular flexibility index (Phi) is 7.39. The number of Topliss-reactive ketones (excluding diaryl/α,β-unsaturated/α-hetero) is 1. The standard InChI is InChI=1S/C19H22N4O3S/c1-3-26-18(25)15-8-6-14(7-9-15)17(24)12-27-19(22-20)23(21)16-10-4-13(2)5-11-16/h4-11H,3,12,20-21H2,1-2H3/b22-19+. The number of carbonyl (C=O) groups excluding carboxylic acids is 2. The summed E-state index contributed by atoms with van der Waals surface area (Å²) in [6, 6.07) is 13.8. The van der Waals surface area contributed by atoms with Crippen molar-refractivity contribution in [2.45, 2.75) is 13.8 Å². The van der Waals surface area contributed by atoms with E-state index in [1.165, 1.54) is 5.01 Å². The number of thioether (sulfide) groups is 1. The largest absolute Gasteiger partial charge is 0.462 e. The molecule has 0 aliphatic rings. The van der Waals surface area contributed by atoms with E-state index in [4.69, 9.17) is 16.4 Å². The predicted octanol–water partition coefficient (Wildman–Crippen LogP) is 2.70. The molecule has 7 nitrogen and oxygen atoms in total. The average molecular weight is 386 g/mol. The summed E-state index contributed by atoms with van der Waals surface area (Å²) in [5, 5.41) is 5.33. The molecule has 0 aliphatic heterocycles. The van der Waals surface area contributed by atoms with E-state index in [9.17, 15) is 9.59 Å². The molecule has 142 valence electrons. The number of nitrogens with zero attached hydrogens (tertiary/aromatic N) is 2. The van der Waals surface area contributed by atoms with Crippen molar-refractivity contribution in [2.24, 2.45) is 16.8 Å². The molecule has 0 fully saturated rings. The van der Waals surface area contributed by atoms with Gasteiger partial charge in [-0.1, -0.05) is 41.6 Å². The van der Waals surface area contributed by atoms with E-state index in [-0.39, 0.29) is 11.5 Å². The summed E-state index contributed by atoms with van der Waals surface area (Å²) in [7, 11) is 0. The summed E-state index contributed by atoms with van der Waals surface area (Å²) in [5.74, 6) is 11.0. The Bertz CT molecular complexity index is 820. The molecule has 2 aromatic carbocycles. The molecule has 0 saturated carbocycles. The number of hydrogen-bond acceptors (Lipinski definition) is 7. The van der Waals surface area contributed by atoms with Crippen LogP contribution in [0.15, 0.2) is 53.6 Å². The Morgan fingerprint density at radius 1 is 1.07 bits per heavy atom. The maximum atomic E-state index is 12.4. The number of ketones is 1. The van der Waals surface area contributed by atoms with Crippen LogP contribution in [0.1, 0.15) is 33.2 Å². The quantitative estimate of drug-likeness (QED) is 0.196. The van der Waals surface area contributed by atoms with Crippen LogP contribution in [-0.4, -0.2) is 29.3 Å². The Hall–Kier alpha value is -2.84.